The third-order valence-electron chi connectivity index (χ3n) is 4.77. The second-order valence-corrected chi connectivity index (χ2v) is 8.17. The molecule has 0 aliphatic rings. The highest BCUT2D eigenvalue weighted by Gasteiger charge is 2.13. The molecule has 0 aliphatic carbocycles. The highest BCUT2D eigenvalue weighted by molar-refractivity contribution is 5.95. The number of nitrogens with zero attached hydrogens (tertiary/aromatic N) is 4. The molecule has 0 bridgehead atoms. The van der Waals surface area contributed by atoms with Crippen LogP contribution in [0.5, 0.6) is 11.5 Å². The lowest BCUT2D eigenvalue weighted by Crippen LogP contribution is -2.36. The van der Waals surface area contributed by atoms with Crippen molar-refractivity contribution in [3.05, 3.63) is 36.7 Å². The Morgan fingerprint density at radius 1 is 1.03 bits per heavy atom. The number of hydrogen-bond donors (Lipinski definition) is 1. The zero-order valence-electron chi connectivity index (χ0n) is 18.0. The Morgan fingerprint density at radius 3 is 2.38 bits per heavy atom. The monoisotopic (exact) mass is 395 g/mol. The summed E-state index contributed by atoms with van der Waals surface area (Å²) in [7, 11) is 5.21. The molecule has 0 radical (unpaired) electrons. The Kier molecular flexibility index (Phi) is 6.17. The van der Waals surface area contributed by atoms with Gasteiger partial charge in [0, 0.05) is 42.4 Å². The number of hydrazine groups is 1. The van der Waals surface area contributed by atoms with Gasteiger partial charge in [-0.3, -0.25) is 5.01 Å². The fourth-order valence-electron chi connectivity index (χ4n) is 3.04. The van der Waals surface area contributed by atoms with Crippen LogP contribution in [0, 0.1) is 5.41 Å². The molecule has 1 aromatic carbocycles. The molecule has 0 saturated carbocycles. The predicted molar refractivity (Wildman–Crippen MR) is 116 cm³/mol. The summed E-state index contributed by atoms with van der Waals surface area (Å²) >= 11 is 0. The van der Waals surface area contributed by atoms with Crippen LogP contribution in [-0.4, -0.2) is 43.0 Å². The van der Waals surface area contributed by atoms with Crippen molar-refractivity contribution in [2.45, 2.75) is 27.2 Å². The van der Waals surface area contributed by atoms with Gasteiger partial charge in [-0.15, -0.1) is 0 Å². The minimum Gasteiger partial charge on any atom is -0.493 e. The topological polar surface area (TPSA) is 72.4 Å². The number of nitrogens with one attached hydrogen (secondary N) is 1. The normalized spacial score (nSPS) is 11.5. The van der Waals surface area contributed by atoms with Crippen molar-refractivity contribution in [3.8, 4) is 22.6 Å². The first-order chi connectivity index (χ1) is 13.8. The number of ether oxygens (including phenoxy) is 2. The Labute approximate surface area is 172 Å². The fourth-order valence-corrected chi connectivity index (χ4v) is 3.04. The van der Waals surface area contributed by atoms with E-state index in [2.05, 4.69) is 41.4 Å². The van der Waals surface area contributed by atoms with Crippen LogP contribution in [0.15, 0.2) is 36.7 Å². The summed E-state index contributed by atoms with van der Waals surface area (Å²) in [6.07, 6.45) is 4.68. The zero-order valence-corrected chi connectivity index (χ0v) is 18.0. The number of anilines is 1. The van der Waals surface area contributed by atoms with Gasteiger partial charge in [-0.1, -0.05) is 20.8 Å². The standard InChI is InChI=1S/C22H29N5O2/c1-22(2,3)9-10-25-27(4)21-8-7-15(13-23-21)17-14-24-26-18-12-20(29-6)19(28-5)11-16(17)18/h7-8,11-14,25H,9-10H2,1-6H3. The number of rotatable bonds is 7. The van der Waals surface area contributed by atoms with Crippen molar-refractivity contribution in [1.82, 2.24) is 20.6 Å². The van der Waals surface area contributed by atoms with Gasteiger partial charge >= 0.3 is 0 Å². The molecular weight excluding hydrogens is 366 g/mol. The number of benzene rings is 1. The third-order valence-corrected chi connectivity index (χ3v) is 4.77. The molecule has 154 valence electrons. The average molecular weight is 396 g/mol. The van der Waals surface area contributed by atoms with Crippen LogP contribution in [0.4, 0.5) is 5.82 Å². The number of aromatic nitrogens is 3. The van der Waals surface area contributed by atoms with Gasteiger partial charge in [-0.25, -0.2) is 10.4 Å². The summed E-state index contributed by atoms with van der Waals surface area (Å²) in [5, 5.41) is 11.3. The molecule has 0 fully saturated rings. The molecular formula is C22H29N5O2. The van der Waals surface area contributed by atoms with E-state index in [1.54, 1.807) is 20.4 Å². The minimum atomic E-state index is 0.296. The van der Waals surface area contributed by atoms with E-state index in [-0.39, 0.29) is 0 Å². The average Bonchev–Trinajstić information content (AvgIpc) is 2.71. The SMILES string of the molecule is COc1cc2nncc(-c3ccc(N(C)NCCC(C)(C)C)nc3)c2cc1OC. The summed E-state index contributed by atoms with van der Waals surface area (Å²) in [6, 6.07) is 7.79. The van der Waals surface area contributed by atoms with Crippen molar-refractivity contribution < 1.29 is 9.47 Å². The number of methoxy groups -OCH3 is 2. The number of hydrogen-bond acceptors (Lipinski definition) is 7. The molecule has 0 amide bonds. The summed E-state index contributed by atoms with van der Waals surface area (Å²) in [5.41, 5.74) is 6.33. The number of pyridine rings is 1. The molecule has 2 aromatic heterocycles. The van der Waals surface area contributed by atoms with E-state index >= 15 is 0 Å². The van der Waals surface area contributed by atoms with E-state index in [9.17, 15) is 0 Å². The van der Waals surface area contributed by atoms with Crippen molar-refractivity contribution in [2.24, 2.45) is 5.41 Å². The van der Waals surface area contributed by atoms with Crippen molar-refractivity contribution in [1.29, 1.82) is 0 Å². The van der Waals surface area contributed by atoms with Gasteiger partial charge < -0.3 is 9.47 Å². The van der Waals surface area contributed by atoms with Crippen molar-refractivity contribution in [2.75, 3.05) is 32.8 Å². The Bertz CT molecular complexity index is 967. The van der Waals surface area contributed by atoms with E-state index in [0.29, 0.717) is 16.9 Å². The molecule has 2 heterocycles. The Balaban J connectivity index is 1.85. The molecule has 0 saturated heterocycles. The summed E-state index contributed by atoms with van der Waals surface area (Å²) in [5.74, 6) is 2.14. The van der Waals surface area contributed by atoms with Crippen molar-refractivity contribution in [3.63, 3.8) is 0 Å². The van der Waals surface area contributed by atoms with Crippen LogP contribution in [0.2, 0.25) is 0 Å². The molecule has 0 aliphatic heterocycles. The van der Waals surface area contributed by atoms with Gasteiger partial charge in [0.15, 0.2) is 11.5 Å². The first-order valence-corrected chi connectivity index (χ1v) is 9.63. The highest BCUT2D eigenvalue weighted by Crippen LogP contribution is 2.35. The largest absolute Gasteiger partial charge is 0.493 e. The lowest BCUT2D eigenvalue weighted by molar-refractivity contribution is 0.356. The smallest absolute Gasteiger partial charge is 0.162 e. The van der Waals surface area contributed by atoms with Gasteiger partial charge in [0.1, 0.15) is 5.82 Å². The first kappa shape index (κ1) is 20.8. The van der Waals surface area contributed by atoms with Crippen LogP contribution >= 0.6 is 0 Å². The Hall–Kier alpha value is -2.93. The molecule has 7 nitrogen and oxygen atoms in total. The fraction of sp³-hybridized carbons (Fsp3) is 0.409. The van der Waals surface area contributed by atoms with Crippen LogP contribution < -0.4 is 19.9 Å². The van der Waals surface area contributed by atoms with E-state index in [1.807, 2.05) is 42.5 Å². The summed E-state index contributed by atoms with van der Waals surface area (Å²) < 4.78 is 10.8. The maximum atomic E-state index is 5.44. The van der Waals surface area contributed by atoms with Gasteiger partial charge in [-0.05, 0) is 30.0 Å². The van der Waals surface area contributed by atoms with E-state index in [4.69, 9.17) is 9.47 Å². The molecule has 7 heteroatoms. The highest BCUT2D eigenvalue weighted by atomic mass is 16.5. The first-order valence-electron chi connectivity index (χ1n) is 9.63. The van der Waals surface area contributed by atoms with Crippen molar-refractivity contribution >= 4 is 16.7 Å². The van der Waals surface area contributed by atoms with Gasteiger partial charge in [0.25, 0.3) is 0 Å². The molecule has 29 heavy (non-hydrogen) atoms. The zero-order chi connectivity index (χ0) is 21.0. The van der Waals surface area contributed by atoms with Crippen LogP contribution in [0.3, 0.4) is 0 Å². The van der Waals surface area contributed by atoms with E-state index < -0.39 is 0 Å². The minimum absolute atomic E-state index is 0.296. The van der Waals surface area contributed by atoms with Crippen LogP contribution in [0.25, 0.3) is 22.0 Å². The summed E-state index contributed by atoms with van der Waals surface area (Å²) in [6.45, 7) is 7.60. The second kappa shape index (κ2) is 8.61. The third kappa shape index (κ3) is 4.92. The molecule has 0 unspecified atom stereocenters. The van der Waals surface area contributed by atoms with E-state index in [0.717, 1.165) is 40.8 Å². The molecule has 0 spiro atoms. The number of fused-ring (bicyclic) bond motifs is 1. The molecule has 1 N–H and O–H groups in total. The predicted octanol–water partition coefficient (Wildman–Crippen LogP) is 4.09. The van der Waals surface area contributed by atoms with Gasteiger partial charge in [0.2, 0.25) is 0 Å². The van der Waals surface area contributed by atoms with Gasteiger partial charge in [-0.2, -0.15) is 10.2 Å². The quantitative estimate of drug-likeness (QED) is 0.604. The maximum absolute atomic E-state index is 5.44. The lowest BCUT2D eigenvalue weighted by Gasteiger charge is -2.23. The molecule has 0 atom stereocenters. The maximum Gasteiger partial charge on any atom is 0.162 e. The van der Waals surface area contributed by atoms with Crippen LogP contribution in [-0.2, 0) is 0 Å². The van der Waals surface area contributed by atoms with E-state index in [1.165, 1.54) is 0 Å². The Morgan fingerprint density at radius 2 is 1.76 bits per heavy atom. The second-order valence-electron chi connectivity index (χ2n) is 8.17. The van der Waals surface area contributed by atoms with Crippen LogP contribution in [0.1, 0.15) is 27.2 Å². The lowest BCUT2D eigenvalue weighted by atomic mass is 9.92. The summed E-state index contributed by atoms with van der Waals surface area (Å²) in [4.78, 5) is 4.61. The van der Waals surface area contributed by atoms with Gasteiger partial charge in [0.05, 0.1) is 25.9 Å². The molecule has 3 aromatic rings. The molecule has 3 rings (SSSR count).